The van der Waals surface area contributed by atoms with E-state index in [0.29, 0.717) is 34.4 Å². The number of carbonyl (C=O) groups is 1. The zero-order valence-corrected chi connectivity index (χ0v) is 15.9. The standard InChI is InChI=1S/C21H15N3O4S/c25-12-17-7-4-10-23(17)21-22-19(14-29-21)18-11-16(24(26)27)8-9-20(18)28-13-15-5-2-1-3-6-15/h1-12,14H,13H2. The van der Waals surface area contributed by atoms with E-state index in [9.17, 15) is 14.9 Å². The van der Waals surface area contributed by atoms with Gasteiger partial charge in [-0.05, 0) is 23.8 Å². The summed E-state index contributed by atoms with van der Waals surface area (Å²) < 4.78 is 7.61. The van der Waals surface area contributed by atoms with Crippen molar-refractivity contribution >= 4 is 23.3 Å². The molecule has 144 valence electrons. The molecule has 0 aliphatic heterocycles. The largest absolute Gasteiger partial charge is 0.488 e. The number of nitro benzene ring substituents is 1. The van der Waals surface area contributed by atoms with Gasteiger partial charge in [-0.1, -0.05) is 30.3 Å². The third-order valence-corrected chi connectivity index (χ3v) is 5.13. The number of ether oxygens (including phenoxy) is 1. The number of benzene rings is 2. The van der Waals surface area contributed by atoms with Gasteiger partial charge in [0.2, 0.25) is 0 Å². The lowest BCUT2D eigenvalue weighted by Gasteiger charge is -2.10. The maximum absolute atomic E-state index is 11.3. The summed E-state index contributed by atoms with van der Waals surface area (Å²) in [6.45, 7) is 0.329. The van der Waals surface area contributed by atoms with Gasteiger partial charge in [0.05, 0.1) is 21.9 Å². The number of hydrogen-bond donors (Lipinski definition) is 0. The van der Waals surface area contributed by atoms with Gasteiger partial charge in [-0.25, -0.2) is 4.98 Å². The molecule has 0 atom stereocenters. The summed E-state index contributed by atoms with van der Waals surface area (Å²) in [5, 5.41) is 13.6. The number of hydrogen-bond acceptors (Lipinski definition) is 6. The first kappa shape index (κ1) is 18.6. The van der Waals surface area contributed by atoms with Gasteiger partial charge in [0, 0.05) is 23.7 Å². The maximum Gasteiger partial charge on any atom is 0.270 e. The van der Waals surface area contributed by atoms with Crippen LogP contribution in [-0.2, 0) is 6.61 Å². The molecule has 0 amide bonds. The molecule has 2 aromatic carbocycles. The Morgan fingerprint density at radius 1 is 1.14 bits per heavy atom. The van der Waals surface area contributed by atoms with Crippen LogP contribution in [0.2, 0.25) is 0 Å². The number of carbonyl (C=O) groups excluding carboxylic acids is 1. The van der Waals surface area contributed by atoms with E-state index >= 15 is 0 Å². The smallest absolute Gasteiger partial charge is 0.270 e. The highest BCUT2D eigenvalue weighted by molar-refractivity contribution is 7.12. The number of aromatic nitrogens is 2. The number of nitro groups is 1. The third-order valence-electron chi connectivity index (χ3n) is 4.29. The first-order valence-corrected chi connectivity index (χ1v) is 9.57. The van der Waals surface area contributed by atoms with E-state index in [-0.39, 0.29) is 5.69 Å². The first-order chi connectivity index (χ1) is 14.2. The summed E-state index contributed by atoms with van der Waals surface area (Å²) in [7, 11) is 0. The summed E-state index contributed by atoms with van der Waals surface area (Å²) in [5.74, 6) is 0.499. The van der Waals surface area contributed by atoms with Crippen molar-refractivity contribution < 1.29 is 14.5 Å². The molecule has 0 aliphatic rings. The molecule has 8 heteroatoms. The highest BCUT2D eigenvalue weighted by Crippen LogP contribution is 2.35. The topological polar surface area (TPSA) is 87.3 Å². The van der Waals surface area contributed by atoms with Gasteiger partial charge in [0.25, 0.3) is 5.69 Å². The van der Waals surface area contributed by atoms with Crippen molar-refractivity contribution in [2.45, 2.75) is 6.61 Å². The van der Waals surface area contributed by atoms with Crippen LogP contribution in [0.3, 0.4) is 0 Å². The Bertz CT molecular complexity index is 1170. The molecule has 2 aromatic heterocycles. The van der Waals surface area contributed by atoms with Crippen LogP contribution in [0.25, 0.3) is 16.4 Å². The van der Waals surface area contributed by atoms with Crippen molar-refractivity contribution in [2.75, 3.05) is 0 Å². The number of nitrogens with zero attached hydrogens (tertiary/aromatic N) is 3. The summed E-state index contributed by atoms with van der Waals surface area (Å²) in [6, 6.07) is 17.5. The van der Waals surface area contributed by atoms with Crippen LogP contribution in [0.15, 0.2) is 72.2 Å². The molecule has 29 heavy (non-hydrogen) atoms. The molecule has 2 heterocycles. The van der Waals surface area contributed by atoms with Gasteiger partial charge in [-0.3, -0.25) is 19.5 Å². The number of thiazole rings is 1. The lowest BCUT2D eigenvalue weighted by Crippen LogP contribution is -1.99. The van der Waals surface area contributed by atoms with Gasteiger partial charge in [-0.15, -0.1) is 11.3 Å². The normalized spacial score (nSPS) is 10.6. The second-order valence-corrected chi connectivity index (χ2v) is 6.98. The minimum absolute atomic E-state index is 0.0452. The SMILES string of the molecule is O=Cc1cccn1-c1nc(-c2cc([N+](=O)[O-])ccc2OCc2ccccc2)cs1. The molecule has 7 nitrogen and oxygen atoms in total. The van der Waals surface area contributed by atoms with E-state index < -0.39 is 4.92 Å². The van der Waals surface area contributed by atoms with Crippen molar-refractivity contribution in [1.82, 2.24) is 9.55 Å². The highest BCUT2D eigenvalue weighted by atomic mass is 32.1. The minimum Gasteiger partial charge on any atom is -0.488 e. The second-order valence-electron chi connectivity index (χ2n) is 6.15. The van der Waals surface area contributed by atoms with E-state index in [4.69, 9.17) is 4.74 Å². The molecule has 0 N–H and O–H groups in total. The zero-order chi connectivity index (χ0) is 20.2. The summed E-state index contributed by atoms with van der Waals surface area (Å²) in [4.78, 5) is 26.6. The Hall–Kier alpha value is -3.78. The average molecular weight is 405 g/mol. The van der Waals surface area contributed by atoms with Crippen molar-refractivity contribution in [2.24, 2.45) is 0 Å². The van der Waals surface area contributed by atoms with Crippen LogP contribution >= 0.6 is 11.3 Å². The fraction of sp³-hybridized carbons (Fsp3) is 0.0476. The van der Waals surface area contributed by atoms with E-state index in [1.807, 2.05) is 30.3 Å². The predicted octanol–water partition coefficient (Wildman–Crippen LogP) is 4.90. The molecule has 0 bridgehead atoms. The van der Waals surface area contributed by atoms with Crippen molar-refractivity contribution in [3.63, 3.8) is 0 Å². The molecule has 0 aliphatic carbocycles. The van der Waals surface area contributed by atoms with E-state index in [1.165, 1.54) is 23.5 Å². The van der Waals surface area contributed by atoms with Crippen LogP contribution in [0.1, 0.15) is 16.1 Å². The molecule has 0 radical (unpaired) electrons. The zero-order valence-electron chi connectivity index (χ0n) is 15.1. The number of aldehydes is 1. The molecule has 0 saturated heterocycles. The van der Waals surface area contributed by atoms with Crippen molar-refractivity contribution in [3.05, 3.63) is 93.6 Å². The summed E-state index contributed by atoms with van der Waals surface area (Å²) in [6.07, 6.45) is 2.50. The van der Waals surface area contributed by atoms with Crippen molar-refractivity contribution in [1.29, 1.82) is 0 Å². The Morgan fingerprint density at radius 3 is 2.72 bits per heavy atom. The summed E-state index contributed by atoms with van der Waals surface area (Å²) >= 11 is 1.34. The molecular weight excluding hydrogens is 390 g/mol. The lowest BCUT2D eigenvalue weighted by molar-refractivity contribution is -0.384. The van der Waals surface area contributed by atoms with Crippen LogP contribution in [0, 0.1) is 10.1 Å². The number of non-ortho nitro benzene ring substituents is 1. The van der Waals surface area contributed by atoms with E-state index in [0.717, 1.165) is 11.8 Å². The minimum atomic E-state index is -0.450. The lowest BCUT2D eigenvalue weighted by atomic mass is 10.1. The maximum atomic E-state index is 11.3. The van der Waals surface area contributed by atoms with Gasteiger partial charge >= 0.3 is 0 Å². The van der Waals surface area contributed by atoms with Gasteiger partial charge in [-0.2, -0.15) is 0 Å². The van der Waals surface area contributed by atoms with Crippen LogP contribution in [0.5, 0.6) is 5.75 Å². The van der Waals surface area contributed by atoms with Crippen LogP contribution < -0.4 is 4.74 Å². The first-order valence-electron chi connectivity index (χ1n) is 8.69. The second kappa shape index (κ2) is 8.07. The molecule has 4 aromatic rings. The fourth-order valence-electron chi connectivity index (χ4n) is 2.86. The fourth-order valence-corrected chi connectivity index (χ4v) is 3.68. The monoisotopic (exact) mass is 405 g/mol. The number of rotatable bonds is 7. The predicted molar refractivity (Wildman–Crippen MR) is 110 cm³/mol. The van der Waals surface area contributed by atoms with Gasteiger partial charge in [0.15, 0.2) is 11.4 Å². The quantitative estimate of drug-likeness (QED) is 0.248. The van der Waals surface area contributed by atoms with E-state index in [1.54, 1.807) is 34.3 Å². The average Bonchev–Trinajstić information content (AvgIpc) is 3.41. The Morgan fingerprint density at radius 2 is 1.97 bits per heavy atom. The van der Waals surface area contributed by atoms with Gasteiger partial charge in [0.1, 0.15) is 12.4 Å². The third kappa shape index (κ3) is 3.92. The molecule has 0 spiro atoms. The van der Waals surface area contributed by atoms with Gasteiger partial charge < -0.3 is 4.74 Å². The summed E-state index contributed by atoms with van der Waals surface area (Å²) in [5.41, 5.74) is 2.49. The Balaban J connectivity index is 1.70. The Kier molecular flexibility index (Phi) is 5.17. The molecule has 0 unspecified atom stereocenters. The van der Waals surface area contributed by atoms with Crippen LogP contribution in [-0.4, -0.2) is 20.8 Å². The van der Waals surface area contributed by atoms with E-state index in [2.05, 4.69) is 4.98 Å². The van der Waals surface area contributed by atoms with Crippen molar-refractivity contribution in [3.8, 4) is 22.1 Å². The molecule has 0 saturated carbocycles. The Labute approximate surface area is 170 Å². The highest BCUT2D eigenvalue weighted by Gasteiger charge is 2.17. The van der Waals surface area contributed by atoms with Crippen LogP contribution in [0.4, 0.5) is 5.69 Å². The molecular formula is C21H15N3O4S. The molecule has 0 fully saturated rings. The molecule has 4 rings (SSSR count).